The average molecular weight is 439 g/mol. The fourth-order valence-corrected chi connectivity index (χ4v) is 2.96. The van der Waals surface area contributed by atoms with E-state index in [2.05, 4.69) is 39.1 Å². The number of cyclic esters (lactones) is 1. The van der Waals surface area contributed by atoms with Crippen molar-refractivity contribution in [2.45, 2.75) is 40.2 Å². The molecule has 168 valence electrons. The van der Waals surface area contributed by atoms with Crippen LogP contribution in [0.1, 0.15) is 44.6 Å². The van der Waals surface area contributed by atoms with Crippen molar-refractivity contribution >= 4 is 17.9 Å². The lowest BCUT2D eigenvalue weighted by molar-refractivity contribution is 0.181. The number of amides is 1. The third-order valence-electron chi connectivity index (χ3n) is 4.57. The van der Waals surface area contributed by atoms with Gasteiger partial charge >= 0.3 is 6.09 Å². The zero-order valence-corrected chi connectivity index (χ0v) is 18.7. The molecule has 2 aromatic heterocycles. The van der Waals surface area contributed by atoms with Crippen LogP contribution < -0.4 is 10.2 Å². The number of carbonyl (C=O) groups excluding carboxylic acids is 1. The molecular formula is C23H27FN6O2. The first kappa shape index (κ1) is 23.1. The van der Waals surface area contributed by atoms with Gasteiger partial charge in [0.25, 0.3) is 0 Å². The van der Waals surface area contributed by atoms with Crippen LogP contribution >= 0.6 is 0 Å². The predicted molar refractivity (Wildman–Crippen MR) is 121 cm³/mol. The summed E-state index contributed by atoms with van der Waals surface area (Å²) in [7, 11) is 0. The minimum Gasteiger partial charge on any atom is -0.447 e. The summed E-state index contributed by atoms with van der Waals surface area (Å²) in [5.41, 5.74) is 2.22. The maximum Gasteiger partial charge on any atom is 0.415 e. The van der Waals surface area contributed by atoms with Crippen LogP contribution in [0.15, 0.2) is 42.9 Å². The zero-order valence-electron chi connectivity index (χ0n) is 18.7. The second-order valence-corrected chi connectivity index (χ2v) is 7.37. The fraction of sp³-hybridized carbons (Fsp3) is 0.348. The standard InChI is InChI=1S/C20H19FN6O2.C3H8/c1-12-9-14(3-4-16(12)21)15-10-23-18(24-11-15)13(2)25-19-22-6-5-17(26-19)27-7-8-29-20(27)28;1-3-2/h3-6,9-11,13H,7-8H2,1-2H3,(H,22,25,26);3H2,1-2H3. The summed E-state index contributed by atoms with van der Waals surface area (Å²) in [6.07, 6.45) is 5.80. The molecule has 8 nitrogen and oxygen atoms in total. The Kier molecular flexibility index (Phi) is 7.64. The van der Waals surface area contributed by atoms with Gasteiger partial charge in [-0.05, 0) is 43.2 Å². The highest BCUT2D eigenvalue weighted by Gasteiger charge is 2.25. The Morgan fingerprint density at radius 2 is 1.88 bits per heavy atom. The Bertz CT molecular complexity index is 1060. The molecule has 1 amide bonds. The summed E-state index contributed by atoms with van der Waals surface area (Å²) >= 11 is 0. The number of anilines is 2. The molecule has 1 aliphatic heterocycles. The lowest BCUT2D eigenvalue weighted by Crippen LogP contribution is -2.25. The first-order valence-corrected chi connectivity index (χ1v) is 10.5. The molecule has 1 unspecified atom stereocenters. The van der Waals surface area contributed by atoms with Crippen molar-refractivity contribution in [3.8, 4) is 11.1 Å². The van der Waals surface area contributed by atoms with Gasteiger partial charge in [0.05, 0.1) is 12.6 Å². The van der Waals surface area contributed by atoms with Crippen molar-refractivity contribution in [1.29, 1.82) is 0 Å². The highest BCUT2D eigenvalue weighted by molar-refractivity contribution is 5.88. The lowest BCUT2D eigenvalue weighted by atomic mass is 10.1. The fourth-order valence-electron chi connectivity index (χ4n) is 2.96. The van der Waals surface area contributed by atoms with Crippen molar-refractivity contribution in [3.63, 3.8) is 0 Å². The van der Waals surface area contributed by atoms with Crippen molar-refractivity contribution < 1.29 is 13.9 Å². The maximum atomic E-state index is 13.5. The number of aromatic nitrogens is 4. The van der Waals surface area contributed by atoms with Crippen molar-refractivity contribution in [2.75, 3.05) is 23.4 Å². The highest BCUT2D eigenvalue weighted by Crippen LogP contribution is 2.22. The Hall–Kier alpha value is -3.62. The minimum absolute atomic E-state index is 0.242. The molecule has 32 heavy (non-hydrogen) atoms. The van der Waals surface area contributed by atoms with E-state index in [1.54, 1.807) is 43.7 Å². The second kappa shape index (κ2) is 10.6. The number of nitrogens with zero attached hydrogens (tertiary/aromatic N) is 5. The van der Waals surface area contributed by atoms with Gasteiger partial charge in [0.15, 0.2) is 0 Å². The van der Waals surface area contributed by atoms with E-state index < -0.39 is 6.09 Å². The van der Waals surface area contributed by atoms with Crippen LogP contribution in [0, 0.1) is 12.7 Å². The van der Waals surface area contributed by atoms with Gasteiger partial charge in [0, 0.05) is 24.2 Å². The minimum atomic E-state index is -0.419. The molecule has 0 bridgehead atoms. The molecule has 4 rings (SSSR count). The van der Waals surface area contributed by atoms with Gasteiger partial charge in [-0.15, -0.1) is 0 Å². The van der Waals surface area contributed by atoms with Crippen LogP contribution in [0.3, 0.4) is 0 Å². The van der Waals surface area contributed by atoms with Gasteiger partial charge in [0.1, 0.15) is 24.1 Å². The van der Waals surface area contributed by atoms with Crippen molar-refractivity contribution in [1.82, 2.24) is 19.9 Å². The molecule has 1 saturated heterocycles. The Balaban J connectivity index is 0.000000913. The molecule has 0 saturated carbocycles. The number of hydrogen-bond donors (Lipinski definition) is 1. The van der Waals surface area contributed by atoms with E-state index in [1.165, 1.54) is 17.4 Å². The SMILES string of the molecule is CCC.Cc1cc(-c2cnc(C(C)Nc3nccc(N4CCOC4=O)n3)nc2)ccc1F. The van der Waals surface area contributed by atoms with Gasteiger partial charge < -0.3 is 10.1 Å². The molecule has 1 aliphatic rings. The predicted octanol–water partition coefficient (Wildman–Crippen LogP) is 4.93. The van der Waals surface area contributed by atoms with Crippen LogP contribution in [0.2, 0.25) is 0 Å². The zero-order chi connectivity index (χ0) is 23.1. The second-order valence-electron chi connectivity index (χ2n) is 7.37. The van der Waals surface area contributed by atoms with E-state index in [0.29, 0.717) is 36.3 Å². The number of hydrogen-bond acceptors (Lipinski definition) is 7. The first-order chi connectivity index (χ1) is 15.4. The molecule has 9 heteroatoms. The summed E-state index contributed by atoms with van der Waals surface area (Å²) in [6, 6.07) is 6.28. The van der Waals surface area contributed by atoms with E-state index in [1.807, 2.05) is 6.92 Å². The number of ether oxygens (including phenoxy) is 1. The molecular weight excluding hydrogens is 411 g/mol. The quantitative estimate of drug-likeness (QED) is 0.604. The van der Waals surface area contributed by atoms with Crippen LogP contribution in [0.4, 0.5) is 21.0 Å². The topological polar surface area (TPSA) is 93.1 Å². The van der Waals surface area contributed by atoms with Crippen molar-refractivity contribution in [2.24, 2.45) is 0 Å². The van der Waals surface area contributed by atoms with Gasteiger partial charge in [-0.1, -0.05) is 26.3 Å². The Labute approximate surface area is 186 Å². The first-order valence-electron chi connectivity index (χ1n) is 10.5. The number of aryl methyl sites for hydroxylation is 1. The maximum absolute atomic E-state index is 13.5. The molecule has 3 aromatic rings. The van der Waals surface area contributed by atoms with E-state index in [0.717, 1.165) is 11.1 Å². The van der Waals surface area contributed by atoms with Gasteiger partial charge in [0.2, 0.25) is 5.95 Å². The van der Waals surface area contributed by atoms with E-state index in [-0.39, 0.29) is 11.9 Å². The third kappa shape index (κ3) is 5.54. The number of benzene rings is 1. The number of halogens is 1. The number of rotatable bonds is 5. The van der Waals surface area contributed by atoms with Crippen LogP contribution in [-0.2, 0) is 4.74 Å². The normalized spacial score (nSPS) is 13.8. The van der Waals surface area contributed by atoms with Crippen LogP contribution in [-0.4, -0.2) is 39.2 Å². The molecule has 0 radical (unpaired) electrons. The van der Waals surface area contributed by atoms with Gasteiger partial charge in [-0.3, -0.25) is 4.90 Å². The molecule has 1 N–H and O–H groups in total. The third-order valence-corrected chi connectivity index (χ3v) is 4.57. The molecule has 0 aliphatic carbocycles. The summed E-state index contributed by atoms with van der Waals surface area (Å²) in [6.45, 7) is 8.65. The number of nitrogens with one attached hydrogen (secondary N) is 1. The highest BCUT2D eigenvalue weighted by atomic mass is 19.1. The largest absolute Gasteiger partial charge is 0.447 e. The van der Waals surface area contributed by atoms with Gasteiger partial charge in [-0.2, -0.15) is 4.98 Å². The van der Waals surface area contributed by atoms with E-state index in [9.17, 15) is 9.18 Å². The summed E-state index contributed by atoms with van der Waals surface area (Å²) in [5.74, 6) is 1.15. The molecule has 3 heterocycles. The summed E-state index contributed by atoms with van der Waals surface area (Å²) in [5, 5.41) is 3.14. The Morgan fingerprint density at radius 1 is 1.16 bits per heavy atom. The Morgan fingerprint density at radius 3 is 2.50 bits per heavy atom. The van der Waals surface area contributed by atoms with Gasteiger partial charge in [-0.25, -0.2) is 24.1 Å². The smallest absolute Gasteiger partial charge is 0.415 e. The van der Waals surface area contributed by atoms with Crippen LogP contribution in [0.5, 0.6) is 0 Å². The summed E-state index contributed by atoms with van der Waals surface area (Å²) in [4.78, 5) is 30.5. The molecule has 0 spiro atoms. The average Bonchev–Trinajstić information content (AvgIpc) is 3.22. The monoisotopic (exact) mass is 438 g/mol. The molecule has 1 atom stereocenters. The van der Waals surface area contributed by atoms with E-state index >= 15 is 0 Å². The lowest BCUT2D eigenvalue weighted by Gasteiger charge is -2.15. The van der Waals surface area contributed by atoms with Crippen molar-refractivity contribution in [3.05, 3.63) is 60.1 Å². The summed E-state index contributed by atoms with van der Waals surface area (Å²) < 4.78 is 18.4. The van der Waals surface area contributed by atoms with Crippen LogP contribution in [0.25, 0.3) is 11.1 Å². The number of carbonyl (C=O) groups is 1. The molecule has 1 aromatic carbocycles. The molecule has 1 fully saturated rings. The van der Waals surface area contributed by atoms with E-state index in [4.69, 9.17) is 4.74 Å².